The van der Waals surface area contributed by atoms with Gasteiger partial charge in [-0.1, -0.05) is 0 Å². The number of H-pyrrole nitrogens is 1. The number of carbonyl (C=O) groups excluding carboxylic acids is 2. The number of amides is 2. The van der Waals surface area contributed by atoms with E-state index in [1.54, 1.807) is 30.2 Å². The van der Waals surface area contributed by atoms with Crippen molar-refractivity contribution in [3.63, 3.8) is 0 Å². The van der Waals surface area contributed by atoms with Gasteiger partial charge in [0.1, 0.15) is 17.2 Å². The molecule has 0 saturated carbocycles. The highest BCUT2D eigenvalue weighted by Crippen LogP contribution is 2.34. The largest absolute Gasteiger partial charge is 0.364 e. The van der Waals surface area contributed by atoms with Crippen molar-refractivity contribution in [3.05, 3.63) is 35.3 Å². The molecular weight excluding hydrogens is 472 g/mol. The average Bonchev–Trinajstić information content (AvgIpc) is 3.28. The molecule has 2 fully saturated rings. The number of primary amides is 1. The molecule has 2 bridgehead atoms. The van der Waals surface area contributed by atoms with Crippen molar-refractivity contribution in [2.45, 2.75) is 45.2 Å². The molecule has 0 aromatic carbocycles. The van der Waals surface area contributed by atoms with Crippen LogP contribution in [-0.4, -0.2) is 69.4 Å². The molecule has 3 aromatic rings. The Morgan fingerprint density at radius 2 is 1.94 bits per heavy atom. The van der Waals surface area contributed by atoms with Crippen molar-refractivity contribution in [1.29, 1.82) is 0 Å². The smallest absolute Gasteiger partial charge is 0.265 e. The number of carbonyl (C=O) groups is 2. The predicted molar refractivity (Wildman–Crippen MR) is 130 cm³/mol. The molecule has 2 amide bonds. The number of pyridine rings is 1. The maximum Gasteiger partial charge on any atom is 0.265 e. The molecule has 3 aromatic heterocycles. The van der Waals surface area contributed by atoms with Crippen molar-refractivity contribution in [2.24, 2.45) is 5.73 Å². The van der Waals surface area contributed by atoms with Crippen LogP contribution in [0.4, 0.5) is 17.5 Å². The summed E-state index contributed by atoms with van der Waals surface area (Å²) in [7, 11) is -3.39. The predicted octanol–water partition coefficient (Wildman–Crippen LogP) is 1.34. The van der Waals surface area contributed by atoms with Crippen molar-refractivity contribution in [1.82, 2.24) is 24.2 Å². The molecule has 2 aliphatic heterocycles. The Kier molecular flexibility index (Phi) is 5.48. The lowest BCUT2D eigenvalue weighted by atomic mass is 10.1. The van der Waals surface area contributed by atoms with E-state index in [2.05, 4.69) is 25.3 Å². The van der Waals surface area contributed by atoms with Crippen LogP contribution in [0, 0.1) is 13.8 Å². The van der Waals surface area contributed by atoms with Gasteiger partial charge in [-0.05, 0) is 44.4 Å². The molecular formula is C22H26N8O4S. The first-order chi connectivity index (χ1) is 16.5. The summed E-state index contributed by atoms with van der Waals surface area (Å²) in [6.07, 6.45) is 4.34. The molecule has 184 valence electrons. The van der Waals surface area contributed by atoms with Crippen molar-refractivity contribution >= 4 is 50.3 Å². The highest BCUT2D eigenvalue weighted by atomic mass is 32.2. The van der Waals surface area contributed by atoms with E-state index in [0.29, 0.717) is 53.0 Å². The first-order valence-electron chi connectivity index (χ1n) is 11.2. The number of hydrogen-bond donors (Lipinski definition) is 3. The first kappa shape index (κ1) is 23.2. The summed E-state index contributed by atoms with van der Waals surface area (Å²) >= 11 is 0. The van der Waals surface area contributed by atoms with E-state index < -0.39 is 15.9 Å². The Labute approximate surface area is 202 Å². The molecule has 2 saturated heterocycles. The zero-order valence-corrected chi connectivity index (χ0v) is 20.4. The van der Waals surface area contributed by atoms with Crippen molar-refractivity contribution < 1.29 is 18.0 Å². The number of rotatable bonds is 5. The monoisotopic (exact) mass is 498 g/mol. The van der Waals surface area contributed by atoms with Gasteiger partial charge in [0, 0.05) is 30.4 Å². The highest BCUT2D eigenvalue weighted by molar-refractivity contribution is 7.88. The van der Waals surface area contributed by atoms with Crippen LogP contribution in [0.25, 0.3) is 11.0 Å². The topological polar surface area (TPSA) is 167 Å². The summed E-state index contributed by atoms with van der Waals surface area (Å²) in [6.45, 7) is 3.90. The van der Waals surface area contributed by atoms with E-state index in [-0.39, 0.29) is 24.4 Å². The number of nitrogens with one attached hydrogen (secondary N) is 2. The SMILES string of the molecule is Cc1nc(Nc2ccc(N3C[C@@H]4CC[C@H](CC3=O)N4S(C)(=O)=O)cn2)nc2[nH]c(C(N)=O)c(C)c12. The van der Waals surface area contributed by atoms with Crippen LogP contribution in [0.3, 0.4) is 0 Å². The number of aromatic amines is 1. The highest BCUT2D eigenvalue weighted by Gasteiger charge is 2.45. The van der Waals surface area contributed by atoms with E-state index in [4.69, 9.17) is 5.73 Å². The van der Waals surface area contributed by atoms with E-state index in [9.17, 15) is 18.0 Å². The van der Waals surface area contributed by atoms with Gasteiger partial charge < -0.3 is 20.9 Å². The standard InChI is InChI=1S/C22H26N8O4S/c1-11-18-12(2)25-22(28-21(18)27-19(11)20(23)32)26-16-7-6-14(9-24-16)29-10-15-5-4-13(8-17(29)31)30(15)35(3,33)34/h6-7,9,13,15H,4-5,8,10H2,1-3H3,(H2,23,32)(H2,24,25,26,27,28)/t13-,15+/m1/s1. The molecule has 0 spiro atoms. The minimum absolute atomic E-state index is 0.120. The Hall–Kier alpha value is -3.58. The second-order valence-electron chi connectivity index (χ2n) is 9.06. The fourth-order valence-corrected chi connectivity index (χ4v) is 6.64. The van der Waals surface area contributed by atoms with E-state index >= 15 is 0 Å². The zero-order valence-electron chi connectivity index (χ0n) is 19.6. The lowest BCUT2D eigenvalue weighted by molar-refractivity contribution is -0.118. The minimum Gasteiger partial charge on any atom is -0.364 e. The van der Waals surface area contributed by atoms with Crippen LogP contribution < -0.4 is 16.0 Å². The number of nitrogens with two attached hydrogens (primary N) is 1. The minimum atomic E-state index is -3.39. The summed E-state index contributed by atoms with van der Waals surface area (Å²) in [4.78, 5) is 42.4. The fraction of sp³-hybridized carbons (Fsp3) is 0.409. The lowest BCUT2D eigenvalue weighted by Crippen LogP contribution is -2.42. The maximum atomic E-state index is 12.9. The first-order valence-corrected chi connectivity index (χ1v) is 13.1. The summed E-state index contributed by atoms with van der Waals surface area (Å²) < 4.78 is 26.0. The Morgan fingerprint density at radius 1 is 1.20 bits per heavy atom. The van der Waals surface area contributed by atoms with Crippen LogP contribution in [0.5, 0.6) is 0 Å². The summed E-state index contributed by atoms with van der Waals surface area (Å²) in [5.74, 6) is 0.0691. The van der Waals surface area contributed by atoms with Crippen molar-refractivity contribution in [3.8, 4) is 0 Å². The molecule has 5 heterocycles. The molecule has 2 aliphatic rings. The Morgan fingerprint density at radius 3 is 2.60 bits per heavy atom. The van der Waals surface area contributed by atoms with Crippen LogP contribution >= 0.6 is 0 Å². The number of anilines is 3. The number of fused-ring (bicyclic) bond motifs is 3. The molecule has 12 nitrogen and oxygen atoms in total. The average molecular weight is 499 g/mol. The van der Waals surface area contributed by atoms with Gasteiger partial charge in [0.2, 0.25) is 21.9 Å². The molecule has 13 heteroatoms. The van der Waals surface area contributed by atoms with E-state index in [0.717, 1.165) is 11.8 Å². The summed E-state index contributed by atoms with van der Waals surface area (Å²) in [5, 5.41) is 3.78. The van der Waals surface area contributed by atoms with Gasteiger partial charge in [-0.15, -0.1) is 0 Å². The number of aromatic nitrogens is 4. The third kappa shape index (κ3) is 4.10. The third-order valence-electron chi connectivity index (χ3n) is 6.67. The molecule has 5 rings (SSSR count). The number of nitrogens with zero attached hydrogens (tertiary/aromatic N) is 5. The van der Waals surface area contributed by atoms with Crippen LogP contribution in [0.1, 0.15) is 41.0 Å². The van der Waals surface area contributed by atoms with Gasteiger partial charge in [0.15, 0.2) is 0 Å². The molecule has 35 heavy (non-hydrogen) atoms. The number of hydrogen-bond acceptors (Lipinski definition) is 8. The van der Waals surface area contributed by atoms with Crippen LogP contribution in [0.2, 0.25) is 0 Å². The second-order valence-corrected chi connectivity index (χ2v) is 10.9. The van der Waals surface area contributed by atoms with E-state index in [1.165, 1.54) is 10.6 Å². The Balaban J connectivity index is 1.37. The summed E-state index contributed by atoms with van der Waals surface area (Å²) in [5.41, 5.74) is 8.19. The van der Waals surface area contributed by atoms with Crippen molar-refractivity contribution in [2.75, 3.05) is 23.0 Å². The van der Waals surface area contributed by atoms with E-state index in [1.807, 2.05) is 6.92 Å². The van der Waals surface area contributed by atoms with Gasteiger partial charge in [0.05, 0.1) is 23.8 Å². The van der Waals surface area contributed by atoms with Gasteiger partial charge in [-0.2, -0.15) is 9.29 Å². The van der Waals surface area contributed by atoms with Gasteiger partial charge in [-0.3, -0.25) is 9.59 Å². The number of sulfonamides is 1. The molecule has 0 aliphatic carbocycles. The normalized spacial score (nSPS) is 20.9. The van der Waals surface area contributed by atoms with Crippen LogP contribution in [-0.2, 0) is 14.8 Å². The molecule has 4 N–H and O–H groups in total. The van der Waals surface area contributed by atoms with Crippen LogP contribution in [0.15, 0.2) is 18.3 Å². The quantitative estimate of drug-likeness (QED) is 0.474. The maximum absolute atomic E-state index is 12.9. The number of aryl methyl sites for hydroxylation is 2. The zero-order chi connectivity index (χ0) is 25.1. The summed E-state index contributed by atoms with van der Waals surface area (Å²) in [6, 6.07) is 2.93. The molecule has 0 radical (unpaired) electrons. The third-order valence-corrected chi connectivity index (χ3v) is 8.03. The lowest BCUT2D eigenvalue weighted by Gasteiger charge is -2.26. The second kappa shape index (κ2) is 8.27. The van der Waals surface area contributed by atoms with Gasteiger partial charge >= 0.3 is 0 Å². The van der Waals surface area contributed by atoms with Gasteiger partial charge in [-0.25, -0.2) is 18.4 Å². The van der Waals surface area contributed by atoms with Gasteiger partial charge in [0.25, 0.3) is 5.91 Å². The Bertz CT molecular complexity index is 1450. The molecule has 0 unspecified atom stereocenters. The fourth-order valence-electron chi connectivity index (χ4n) is 5.20. The molecule has 2 atom stereocenters.